The molecule has 0 aliphatic heterocycles. The van der Waals surface area contributed by atoms with Crippen molar-refractivity contribution in [2.75, 3.05) is 6.54 Å². The topological polar surface area (TPSA) is 46.2 Å². The average molecular weight is 348 g/mol. The van der Waals surface area contributed by atoms with E-state index in [9.17, 15) is 9.59 Å². The van der Waals surface area contributed by atoms with Crippen LogP contribution in [0.15, 0.2) is 35.0 Å². The van der Waals surface area contributed by atoms with E-state index in [2.05, 4.69) is 12.2 Å². The number of benzene rings is 1. The number of halogens is 1. The first-order chi connectivity index (χ1) is 11.7. The van der Waals surface area contributed by atoms with Crippen molar-refractivity contribution in [2.24, 2.45) is 0 Å². The standard InChI is InChI=1S/C20H26ClNO2/c1-2-3-4-5-6-7-8-11-14-22-18-17(21)19(23)15-12-9-10-13-16(15)20(18)24/h9-10,12-13,22H,2-8,11,14H2,1H3. The number of nitrogens with one attached hydrogen (secondary N) is 1. The van der Waals surface area contributed by atoms with Gasteiger partial charge in [0.1, 0.15) is 10.7 Å². The summed E-state index contributed by atoms with van der Waals surface area (Å²) < 4.78 is 0. The average Bonchev–Trinajstić information content (AvgIpc) is 2.61. The van der Waals surface area contributed by atoms with Crippen LogP contribution < -0.4 is 5.32 Å². The lowest BCUT2D eigenvalue weighted by molar-refractivity contribution is 0.0974. The number of carbonyl (C=O) groups is 2. The number of Topliss-reactive ketones (excluding diaryl/α,β-unsaturated/α-hetero) is 2. The lowest BCUT2D eigenvalue weighted by atomic mass is 9.92. The van der Waals surface area contributed by atoms with Gasteiger partial charge >= 0.3 is 0 Å². The summed E-state index contributed by atoms with van der Waals surface area (Å²) in [7, 11) is 0. The van der Waals surface area contributed by atoms with Crippen LogP contribution in [0.2, 0.25) is 0 Å². The SMILES string of the molecule is CCCCCCCCCCNC1=C(Cl)C(=O)c2ccccc2C1=O. The van der Waals surface area contributed by atoms with Gasteiger partial charge in [-0.1, -0.05) is 87.7 Å². The van der Waals surface area contributed by atoms with E-state index in [1.54, 1.807) is 24.3 Å². The third-order valence-corrected chi connectivity index (χ3v) is 4.75. The van der Waals surface area contributed by atoms with Crippen molar-refractivity contribution in [1.82, 2.24) is 5.32 Å². The molecule has 1 aliphatic carbocycles. The number of unbranched alkanes of at least 4 members (excludes halogenated alkanes) is 7. The van der Waals surface area contributed by atoms with Crippen LogP contribution >= 0.6 is 11.6 Å². The molecular weight excluding hydrogens is 322 g/mol. The molecule has 0 saturated carbocycles. The Balaban J connectivity index is 1.78. The van der Waals surface area contributed by atoms with E-state index in [0.29, 0.717) is 17.7 Å². The monoisotopic (exact) mass is 347 g/mol. The molecule has 0 saturated heterocycles. The zero-order valence-corrected chi connectivity index (χ0v) is 15.1. The van der Waals surface area contributed by atoms with Gasteiger partial charge in [0.15, 0.2) is 0 Å². The third kappa shape index (κ3) is 4.70. The van der Waals surface area contributed by atoms with E-state index < -0.39 is 0 Å². The molecule has 24 heavy (non-hydrogen) atoms. The van der Waals surface area contributed by atoms with Gasteiger partial charge in [-0.25, -0.2) is 0 Å². The maximum atomic E-state index is 12.5. The van der Waals surface area contributed by atoms with Crippen LogP contribution in [0.1, 0.15) is 79.0 Å². The number of allylic oxidation sites excluding steroid dienone is 2. The summed E-state index contributed by atoms with van der Waals surface area (Å²) in [5.74, 6) is -0.458. The fourth-order valence-corrected chi connectivity index (χ4v) is 3.23. The van der Waals surface area contributed by atoms with E-state index in [1.807, 2.05) is 0 Å². The molecule has 4 heteroatoms. The number of hydrogen-bond donors (Lipinski definition) is 1. The second kappa shape index (κ2) is 9.63. The van der Waals surface area contributed by atoms with E-state index in [-0.39, 0.29) is 22.3 Å². The van der Waals surface area contributed by atoms with Crippen LogP contribution in [-0.2, 0) is 0 Å². The second-order valence-corrected chi connectivity index (χ2v) is 6.67. The van der Waals surface area contributed by atoms with Crippen molar-refractivity contribution in [1.29, 1.82) is 0 Å². The molecular formula is C20H26ClNO2. The lowest BCUT2D eigenvalue weighted by Crippen LogP contribution is -2.29. The highest BCUT2D eigenvalue weighted by atomic mass is 35.5. The van der Waals surface area contributed by atoms with Crippen LogP contribution in [0.25, 0.3) is 0 Å². The van der Waals surface area contributed by atoms with Crippen molar-refractivity contribution in [3.63, 3.8) is 0 Å². The molecule has 0 amide bonds. The molecule has 0 spiro atoms. The van der Waals surface area contributed by atoms with Gasteiger partial charge in [0.05, 0.1) is 0 Å². The normalized spacial score (nSPS) is 14.1. The molecule has 1 aromatic carbocycles. The zero-order valence-electron chi connectivity index (χ0n) is 14.4. The van der Waals surface area contributed by atoms with Crippen LogP contribution in [0.3, 0.4) is 0 Å². The first-order valence-corrected chi connectivity index (χ1v) is 9.36. The predicted octanol–water partition coefficient (Wildman–Crippen LogP) is 5.25. The molecule has 130 valence electrons. The number of fused-ring (bicyclic) bond motifs is 1. The Morgan fingerprint density at radius 3 is 2.00 bits per heavy atom. The van der Waals surface area contributed by atoms with Crippen molar-refractivity contribution in [3.05, 3.63) is 46.1 Å². The number of carbonyl (C=O) groups excluding carboxylic acids is 2. The van der Waals surface area contributed by atoms with Gasteiger partial charge in [-0.2, -0.15) is 0 Å². The maximum absolute atomic E-state index is 12.5. The minimum atomic E-state index is -0.273. The Bertz CT molecular complexity index is 622. The van der Waals surface area contributed by atoms with E-state index in [1.165, 1.54) is 38.5 Å². The molecule has 1 aromatic rings. The van der Waals surface area contributed by atoms with Crippen molar-refractivity contribution < 1.29 is 9.59 Å². The molecule has 0 aromatic heterocycles. The molecule has 0 bridgehead atoms. The quantitative estimate of drug-likeness (QED) is 0.588. The molecule has 1 N–H and O–H groups in total. The smallest absolute Gasteiger partial charge is 0.211 e. The molecule has 0 unspecified atom stereocenters. The van der Waals surface area contributed by atoms with Crippen LogP contribution in [0, 0.1) is 0 Å². The molecule has 0 heterocycles. The number of rotatable bonds is 10. The second-order valence-electron chi connectivity index (χ2n) is 6.29. The van der Waals surface area contributed by atoms with Gasteiger partial charge in [-0.15, -0.1) is 0 Å². The molecule has 0 fully saturated rings. The number of ketones is 2. The van der Waals surface area contributed by atoms with Gasteiger partial charge in [-0.3, -0.25) is 9.59 Å². The predicted molar refractivity (Wildman–Crippen MR) is 98.6 cm³/mol. The summed E-state index contributed by atoms with van der Waals surface area (Å²) in [5, 5.41) is 3.09. The fourth-order valence-electron chi connectivity index (χ4n) is 2.98. The Labute approximate surface area is 149 Å². The summed E-state index contributed by atoms with van der Waals surface area (Å²) in [4.78, 5) is 24.7. The third-order valence-electron chi connectivity index (χ3n) is 4.39. The first-order valence-electron chi connectivity index (χ1n) is 8.99. The first kappa shape index (κ1) is 18.7. The van der Waals surface area contributed by atoms with Gasteiger partial charge < -0.3 is 5.32 Å². The van der Waals surface area contributed by atoms with E-state index in [0.717, 1.165) is 12.8 Å². The Morgan fingerprint density at radius 2 is 1.38 bits per heavy atom. The highest BCUT2D eigenvalue weighted by Crippen LogP contribution is 2.27. The minimum absolute atomic E-state index is 0.0123. The van der Waals surface area contributed by atoms with Gasteiger partial charge in [0.2, 0.25) is 11.6 Å². The lowest BCUT2D eigenvalue weighted by Gasteiger charge is -2.18. The summed E-state index contributed by atoms with van der Waals surface area (Å²) in [6, 6.07) is 6.83. The molecule has 2 rings (SSSR count). The Kier molecular flexibility index (Phi) is 7.51. The van der Waals surface area contributed by atoms with Gasteiger partial charge in [-0.05, 0) is 6.42 Å². The van der Waals surface area contributed by atoms with E-state index in [4.69, 9.17) is 11.6 Å². The molecule has 1 aliphatic rings. The van der Waals surface area contributed by atoms with E-state index >= 15 is 0 Å². The summed E-state index contributed by atoms with van der Waals surface area (Å²) in [6.45, 7) is 2.89. The summed E-state index contributed by atoms with van der Waals surface area (Å²) >= 11 is 6.11. The maximum Gasteiger partial charge on any atom is 0.211 e. The molecule has 0 atom stereocenters. The largest absolute Gasteiger partial charge is 0.381 e. The fraction of sp³-hybridized carbons (Fsp3) is 0.500. The number of hydrogen-bond acceptors (Lipinski definition) is 3. The van der Waals surface area contributed by atoms with Gasteiger partial charge in [0.25, 0.3) is 0 Å². The zero-order chi connectivity index (χ0) is 17.4. The van der Waals surface area contributed by atoms with Gasteiger partial charge in [0, 0.05) is 17.7 Å². The Hall–Kier alpha value is -1.61. The molecule has 3 nitrogen and oxygen atoms in total. The van der Waals surface area contributed by atoms with Crippen molar-refractivity contribution in [3.8, 4) is 0 Å². The highest BCUT2D eigenvalue weighted by molar-refractivity contribution is 6.49. The van der Waals surface area contributed by atoms with Crippen LogP contribution in [-0.4, -0.2) is 18.1 Å². The Morgan fingerprint density at radius 1 is 0.833 bits per heavy atom. The van der Waals surface area contributed by atoms with Crippen LogP contribution in [0.4, 0.5) is 0 Å². The van der Waals surface area contributed by atoms with Crippen LogP contribution in [0.5, 0.6) is 0 Å². The highest BCUT2D eigenvalue weighted by Gasteiger charge is 2.30. The summed E-state index contributed by atoms with van der Waals surface area (Å²) in [5.41, 5.74) is 1.08. The minimum Gasteiger partial charge on any atom is -0.381 e. The van der Waals surface area contributed by atoms with Crippen molar-refractivity contribution in [2.45, 2.75) is 58.3 Å². The van der Waals surface area contributed by atoms with Crippen molar-refractivity contribution >= 4 is 23.2 Å². The summed E-state index contributed by atoms with van der Waals surface area (Å²) in [6.07, 6.45) is 9.83. The molecule has 0 radical (unpaired) electrons.